The third-order valence-corrected chi connectivity index (χ3v) is 11.9. The summed E-state index contributed by atoms with van der Waals surface area (Å²) in [5.41, 5.74) is 7.39. The Kier molecular flexibility index (Phi) is 16.5. The second-order valence-electron chi connectivity index (χ2n) is 15.2. The number of carbonyl (C=O) groups excluding carboxylic acids is 2. The number of hydrogen-bond donors (Lipinski definition) is 2. The van der Waals surface area contributed by atoms with Crippen molar-refractivity contribution < 1.29 is 28.5 Å². The van der Waals surface area contributed by atoms with Crippen molar-refractivity contribution in [3.8, 4) is 0 Å². The highest BCUT2D eigenvalue weighted by molar-refractivity contribution is 6.76. The second-order valence-corrected chi connectivity index (χ2v) is 26.5. The fraction of sp³-hybridized carbons (Fsp3) is 0.487. The van der Waals surface area contributed by atoms with Crippen LogP contribution in [-0.2, 0) is 36.6 Å². The number of nitrogens with two attached hydrogens (primary N) is 1. The van der Waals surface area contributed by atoms with Crippen LogP contribution in [0.25, 0.3) is 0 Å². The fourth-order valence-electron chi connectivity index (χ4n) is 5.33. The Morgan fingerprint density at radius 2 is 1.24 bits per heavy atom. The zero-order chi connectivity index (χ0) is 35.8. The largest absolute Gasteiger partial charge is 0.367 e. The van der Waals surface area contributed by atoms with Crippen molar-refractivity contribution in [2.75, 3.05) is 33.3 Å². The van der Waals surface area contributed by atoms with E-state index in [0.717, 1.165) is 23.2 Å². The van der Waals surface area contributed by atoms with E-state index in [2.05, 4.69) is 44.6 Å². The minimum absolute atomic E-state index is 0.0294. The Labute approximate surface area is 296 Å². The molecule has 0 saturated carbocycles. The van der Waals surface area contributed by atoms with E-state index in [9.17, 15) is 9.59 Å². The number of ketones is 1. The van der Waals surface area contributed by atoms with Crippen molar-refractivity contribution in [2.45, 2.75) is 88.4 Å². The summed E-state index contributed by atoms with van der Waals surface area (Å²) in [6.45, 7) is 14.9. The van der Waals surface area contributed by atoms with Crippen LogP contribution in [0.2, 0.25) is 51.4 Å². The zero-order valence-electron chi connectivity index (χ0n) is 30.4. The summed E-state index contributed by atoms with van der Waals surface area (Å²) < 4.78 is 24.9. The van der Waals surface area contributed by atoms with Crippen LogP contribution in [0.3, 0.4) is 0 Å². The van der Waals surface area contributed by atoms with Gasteiger partial charge in [-0.1, -0.05) is 130 Å². The van der Waals surface area contributed by atoms with Crippen LogP contribution in [0.4, 0.5) is 0 Å². The summed E-state index contributed by atoms with van der Waals surface area (Å²) in [5.74, 6) is -0.640. The van der Waals surface area contributed by atoms with Gasteiger partial charge in [0.25, 0.3) is 0 Å². The number of ether oxygens (including phenoxy) is 4. The first-order chi connectivity index (χ1) is 23.3. The van der Waals surface area contributed by atoms with Crippen molar-refractivity contribution in [3.05, 3.63) is 108 Å². The number of primary amides is 1. The normalized spacial score (nSPS) is 14.6. The molecule has 0 saturated heterocycles. The lowest BCUT2D eigenvalue weighted by molar-refractivity contribution is -0.182. The number of nitrogens with one attached hydrogen (secondary N) is 1. The maximum atomic E-state index is 13.6. The molecule has 0 aliphatic rings. The van der Waals surface area contributed by atoms with Crippen molar-refractivity contribution in [1.29, 1.82) is 0 Å². The molecular weight excluding hydrogens is 649 g/mol. The predicted molar refractivity (Wildman–Crippen MR) is 203 cm³/mol. The lowest BCUT2D eigenvalue weighted by Crippen LogP contribution is -2.55. The molecule has 0 fully saturated rings. The summed E-state index contributed by atoms with van der Waals surface area (Å²) in [6.07, 6.45) is 0.275. The molecule has 3 aromatic rings. The van der Waals surface area contributed by atoms with Crippen LogP contribution in [0.5, 0.6) is 0 Å². The van der Waals surface area contributed by atoms with Crippen LogP contribution >= 0.6 is 0 Å². The lowest BCUT2D eigenvalue weighted by Gasteiger charge is -2.37. The molecule has 3 atom stereocenters. The number of carbonyl (C=O) groups is 2. The number of amides is 1. The first kappa shape index (κ1) is 40.5. The van der Waals surface area contributed by atoms with Crippen LogP contribution in [0.1, 0.15) is 27.9 Å². The first-order valence-electron chi connectivity index (χ1n) is 17.4. The molecule has 3 rings (SSSR count). The molecule has 0 aliphatic heterocycles. The average molecular weight is 707 g/mol. The molecule has 0 radical (unpaired) electrons. The van der Waals surface area contributed by atoms with Gasteiger partial charge in [-0.05, 0) is 29.6 Å². The van der Waals surface area contributed by atoms with Crippen LogP contribution in [0.15, 0.2) is 91.0 Å². The van der Waals surface area contributed by atoms with Crippen molar-refractivity contribution >= 4 is 27.8 Å². The molecule has 1 amide bonds. The smallest absolute Gasteiger partial charge is 0.250 e. The van der Waals surface area contributed by atoms with Crippen LogP contribution in [-0.4, -0.2) is 78.9 Å². The van der Waals surface area contributed by atoms with Gasteiger partial charge in [0.05, 0.1) is 12.6 Å². The monoisotopic (exact) mass is 706 g/mol. The minimum atomic E-state index is -1.45. The van der Waals surface area contributed by atoms with E-state index in [-0.39, 0.29) is 44.8 Å². The molecule has 268 valence electrons. The summed E-state index contributed by atoms with van der Waals surface area (Å²) in [6, 6.07) is 30.5. The van der Waals surface area contributed by atoms with E-state index in [1.807, 2.05) is 91.0 Å². The van der Waals surface area contributed by atoms with Crippen molar-refractivity contribution in [1.82, 2.24) is 5.32 Å². The molecule has 8 nitrogen and oxygen atoms in total. The van der Waals surface area contributed by atoms with Gasteiger partial charge in [-0.2, -0.15) is 0 Å². The Morgan fingerprint density at radius 3 is 1.78 bits per heavy atom. The number of Topliss-reactive ketones (excluding diaryl/α,β-unsaturated/α-hetero) is 1. The maximum Gasteiger partial charge on any atom is 0.250 e. The molecule has 3 aromatic carbocycles. The van der Waals surface area contributed by atoms with Gasteiger partial charge in [-0.15, -0.1) is 0 Å². The van der Waals surface area contributed by atoms with Gasteiger partial charge in [0.2, 0.25) is 5.91 Å². The minimum Gasteiger partial charge on any atom is -0.367 e. The molecule has 0 spiro atoms. The first-order valence-corrected chi connectivity index (χ1v) is 24.8. The third-order valence-electron chi connectivity index (χ3n) is 8.46. The highest BCUT2D eigenvalue weighted by atomic mass is 28.3. The van der Waals surface area contributed by atoms with Gasteiger partial charge in [-0.3, -0.25) is 9.59 Å². The van der Waals surface area contributed by atoms with Gasteiger partial charge in [0.15, 0.2) is 11.4 Å². The number of hydrogen-bond acceptors (Lipinski definition) is 7. The Bertz CT molecular complexity index is 1380. The number of benzene rings is 3. The number of rotatable bonds is 24. The molecule has 0 aliphatic carbocycles. The molecular formula is C39H58N2O6Si2. The summed E-state index contributed by atoms with van der Waals surface area (Å²) in [5, 5.41) is 3.49. The van der Waals surface area contributed by atoms with E-state index < -0.39 is 33.8 Å². The van der Waals surface area contributed by atoms with Crippen LogP contribution < -0.4 is 11.1 Å². The van der Waals surface area contributed by atoms with Crippen molar-refractivity contribution in [2.24, 2.45) is 5.73 Å². The summed E-state index contributed by atoms with van der Waals surface area (Å²) >= 11 is 0. The molecule has 0 bridgehead atoms. The lowest BCUT2D eigenvalue weighted by atomic mass is 9.84. The zero-order valence-corrected chi connectivity index (χ0v) is 32.4. The SMILES string of the molecule is C[Si](C)(C)CCOCOC(CC(Cc1ccccc1)(OCOCC[Si](C)(C)C)C(N)=O)[C@H](Cc1ccccc1)NCC(=O)c1ccccc1. The van der Waals surface area contributed by atoms with Gasteiger partial charge in [-0.25, -0.2) is 0 Å². The Balaban J connectivity index is 1.95. The quantitative estimate of drug-likeness (QED) is 0.0449. The summed E-state index contributed by atoms with van der Waals surface area (Å²) in [7, 11) is -2.65. The van der Waals surface area contributed by atoms with Gasteiger partial charge < -0.3 is 30.0 Å². The van der Waals surface area contributed by atoms with E-state index >= 15 is 0 Å². The topological polar surface area (TPSA) is 109 Å². The van der Waals surface area contributed by atoms with Crippen molar-refractivity contribution in [3.63, 3.8) is 0 Å². The molecule has 10 heteroatoms. The predicted octanol–water partition coefficient (Wildman–Crippen LogP) is 6.95. The van der Waals surface area contributed by atoms with Gasteiger partial charge >= 0.3 is 0 Å². The summed E-state index contributed by atoms with van der Waals surface area (Å²) in [4.78, 5) is 26.9. The van der Waals surface area contributed by atoms with E-state index in [1.54, 1.807) is 0 Å². The Morgan fingerprint density at radius 1 is 0.735 bits per heavy atom. The fourth-order valence-corrected chi connectivity index (χ4v) is 6.84. The van der Waals surface area contributed by atoms with Crippen LogP contribution in [0, 0.1) is 0 Å². The molecule has 0 aromatic heterocycles. The highest BCUT2D eigenvalue weighted by Crippen LogP contribution is 2.28. The van der Waals surface area contributed by atoms with Gasteiger partial charge in [0, 0.05) is 53.8 Å². The Hall–Kier alpha value is -2.97. The molecule has 3 N–H and O–H groups in total. The average Bonchev–Trinajstić information content (AvgIpc) is 3.05. The van der Waals surface area contributed by atoms with Gasteiger partial charge in [0.1, 0.15) is 13.6 Å². The van der Waals surface area contributed by atoms with E-state index in [0.29, 0.717) is 25.2 Å². The molecule has 49 heavy (non-hydrogen) atoms. The maximum absolute atomic E-state index is 13.6. The van der Waals surface area contributed by atoms with E-state index in [4.69, 9.17) is 24.7 Å². The molecule has 2 unspecified atom stereocenters. The molecule has 0 heterocycles. The van der Waals surface area contributed by atoms with E-state index in [1.165, 1.54) is 0 Å². The standard InChI is InChI=1S/C39H58N2O6Si2/c1-48(2,3)24-22-44-30-46-37(35(26-32-16-10-7-11-17-32)41-29-36(42)34-20-14-9-15-21-34)28-39(38(40)43,27-33-18-12-8-13-19-33)47-31-45-23-25-49(4,5)6/h7-21,35,37,41H,22-31H2,1-6H3,(H2,40,43)/t35-,37?,39?/m0/s1. The third kappa shape index (κ3) is 15.6. The second kappa shape index (κ2) is 20.0. The highest BCUT2D eigenvalue weighted by Gasteiger charge is 2.43.